The van der Waals surface area contributed by atoms with Gasteiger partial charge in [0.25, 0.3) is 0 Å². The first-order valence-corrected chi connectivity index (χ1v) is 9.29. The van der Waals surface area contributed by atoms with Gasteiger partial charge in [0.15, 0.2) is 0 Å². The average Bonchev–Trinajstić information content (AvgIpc) is 3.28. The van der Waals surface area contributed by atoms with E-state index in [0.717, 1.165) is 21.7 Å². The molecule has 0 amide bonds. The van der Waals surface area contributed by atoms with Crippen LogP contribution in [0, 0.1) is 0 Å². The zero-order chi connectivity index (χ0) is 18.6. The Morgan fingerprint density at radius 2 is 1.70 bits per heavy atom. The number of ether oxygens (including phenoxy) is 1. The molecule has 4 rings (SSSR count). The van der Waals surface area contributed by atoms with Crippen LogP contribution in [0.1, 0.15) is 10.4 Å². The predicted molar refractivity (Wildman–Crippen MR) is 108 cm³/mol. The lowest BCUT2D eigenvalue weighted by Crippen LogP contribution is -2.02. The van der Waals surface area contributed by atoms with Gasteiger partial charge in [-0.3, -0.25) is 4.98 Å². The van der Waals surface area contributed by atoms with Gasteiger partial charge in [-0.05, 0) is 41.3 Å². The molecule has 0 N–H and O–H groups in total. The highest BCUT2D eigenvalue weighted by Crippen LogP contribution is 2.32. The Morgan fingerprint density at radius 1 is 0.889 bits per heavy atom. The van der Waals surface area contributed by atoms with Crippen LogP contribution in [0.2, 0.25) is 0 Å². The van der Waals surface area contributed by atoms with E-state index in [9.17, 15) is 4.79 Å². The first-order valence-electron chi connectivity index (χ1n) is 8.41. The van der Waals surface area contributed by atoms with Gasteiger partial charge in [-0.2, -0.15) is 0 Å². The van der Waals surface area contributed by atoms with E-state index in [1.165, 1.54) is 7.11 Å². The van der Waals surface area contributed by atoms with Gasteiger partial charge in [0, 0.05) is 16.6 Å². The summed E-state index contributed by atoms with van der Waals surface area (Å²) < 4.78 is 4.82. The maximum absolute atomic E-state index is 11.9. The number of thiophene rings is 1. The summed E-state index contributed by atoms with van der Waals surface area (Å²) in [6, 6.07) is 21.6. The Labute approximate surface area is 161 Å². The van der Waals surface area contributed by atoms with Crippen LogP contribution < -0.4 is 0 Å². The molecule has 0 atom stereocenters. The summed E-state index contributed by atoms with van der Waals surface area (Å²) in [5.41, 5.74) is 4.76. The molecule has 0 aliphatic heterocycles. The number of aromatic nitrogens is 2. The quantitative estimate of drug-likeness (QED) is 0.455. The second kappa shape index (κ2) is 7.51. The van der Waals surface area contributed by atoms with Gasteiger partial charge < -0.3 is 4.74 Å². The number of rotatable bonds is 4. The van der Waals surface area contributed by atoms with Crippen LogP contribution in [0.4, 0.5) is 0 Å². The van der Waals surface area contributed by atoms with Crippen LogP contribution in [-0.4, -0.2) is 23.0 Å². The average molecular weight is 372 g/mol. The molecule has 4 nitrogen and oxygen atoms in total. The number of pyridine rings is 2. The lowest BCUT2D eigenvalue weighted by Gasteiger charge is -2.09. The fourth-order valence-corrected chi connectivity index (χ4v) is 3.53. The number of hydrogen-bond donors (Lipinski definition) is 0. The third kappa shape index (κ3) is 3.64. The van der Waals surface area contributed by atoms with E-state index >= 15 is 0 Å². The number of carbonyl (C=O) groups excluding carboxylic acids is 1. The molecule has 0 spiro atoms. The van der Waals surface area contributed by atoms with Crippen molar-refractivity contribution in [1.82, 2.24) is 9.97 Å². The first kappa shape index (κ1) is 17.1. The summed E-state index contributed by atoms with van der Waals surface area (Å²) in [5.74, 6) is -0.392. The minimum atomic E-state index is -0.392. The van der Waals surface area contributed by atoms with Gasteiger partial charge >= 0.3 is 5.97 Å². The summed E-state index contributed by atoms with van der Waals surface area (Å²) in [6.45, 7) is 0. The minimum absolute atomic E-state index is 0.392. The first-order chi connectivity index (χ1) is 13.2. The van der Waals surface area contributed by atoms with Crippen molar-refractivity contribution in [2.45, 2.75) is 0 Å². The molecule has 1 aromatic carbocycles. The molecule has 27 heavy (non-hydrogen) atoms. The Hall–Kier alpha value is -3.31. The van der Waals surface area contributed by atoms with Crippen LogP contribution in [0.3, 0.4) is 0 Å². The molecule has 3 aromatic heterocycles. The summed E-state index contributed by atoms with van der Waals surface area (Å²) in [5, 5.41) is 2.05. The van der Waals surface area contributed by atoms with E-state index in [-0.39, 0.29) is 0 Å². The van der Waals surface area contributed by atoms with Crippen LogP contribution in [0.5, 0.6) is 0 Å². The summed E-state index contributed by atoms with van der Waals surface area (Å²) in [4.78, 5) is 22.2. The third-order valence-electron chi connectivity index (χ3n) is 4.14. The Kier molecular flexibility index (Phi) is 4.77. The molecule has 132 valence electrons. The number of hydrogen-bond acceptors (Lipinski definition) is 5. The molecule has 0 radical (unpaired) electrons. The van der Waals surface area contributed by atoms with Gasteiger partial charge in [-0.25, -0.2) is 9.78 Å². The van der Waals surface area contributed by atoms with Gasteiger partial charge in [-0.15, -0.1) is 11.3 Å². The molecule has 0 fully saturated rings. The van der Waals surface area contributed by atoms with E-state index in [0.29, 0.717) is 17.0 Å². The standard InChI is InChI=1S/C22H16N2O2S/c1-26-22(25)16-9-10-23-19(12-16)20-14-17(21-8-5-11-27-21)13-18(24-20)15-6-3-2-4-7-15/h2-14H,1H3. The van der Waals surface area contributed by atoms with Crippen LogP contribution in [0.25, 0.3) is 33.1 Å². The summed E-state index contributed by atoms with van der Waals surface area (Å²) in [7, 11) is 1.37. The van der Waals surface area contributed by atoms with E-state index in [2.05, 4.69) is 17.1 Å². The highest BCUT2D eigenvalue weighted by atomic mass is 32.1. The fraction of sp³-hybridized carbons (Fsp3) is 0.0455. The maximum atomic E-state index is 11.9. The molecule has 4 aromatic rings. The number of methoxy groups -OCH3 is 1. The molecule has 0 aliphatic carbocycles. The second-order valence-corrected chi connectivity index (χ2v) is 6.84. The van der Waals surface area contributed by atoms with Gasteiger partial charge in [0.1, 0.15) is 0 Å². The smallest absolute Gasteiger partial charge is 0.337 e. The van der Waals surface area contributed by atoms with Crippen molar-refractivity contribution < 1.29 is 9.53 Å². The molecule has 0 saturated heterocycles. The summed E-state index contributed by atoms with van der Waals surface area (Å²) in [6.07, 6.45) is 1.60. The van der Waals surface area contributed by atoms with Crippen molar-refractivity contribution in [3.05, 3.63) is 83.9 Å². The SMILES string of the molecule is COC(=O)c1ccnc(-c2cc(-c3cccs3)cc(-c3ccccc3)n2)c1. The highest BCUT2D eigenvalue weighted by Gasteiger charge is 2.12. The van der Waals surface area contributed by atoms with E-state index in [4.69, 9.17) is 9.72 Å². The van der Waals surface area contributed by atoms with Gasteiger partial charge in [0.05, 0.1) is 29.8 Å². The maximum Gasteiger partial charge on any atom is 0.337 e. The number of benzene rings is 1. The zero-order valence-corrected chi connectivity index (χ0v) is 15.4. The number of nitrogens with zero attached hydrogens (tertiary/aromatic N) is 2. The van der Waals surface area contributed by atoms with Crippen LogP contribution in [-0.2, 0) is 4.74 Å². The van der Waals surface area contributed by atoms with Crippen molar-refractivity contribution in [2.24, 2.45) is 0 Å². The number of esters is 1. The normalized spacial score (nSPS) is 10.6. The van der Waals surface area contributed by atoms with Crippen molar-refractivity contribution in [1.29, 1.82) is 0 Å². The van der Waals surface area contributed by atoms with Crippen LogP contribution >= 0.6 is 11.3 Å². The third-order valence-corrected chi connectivity index (χ3v) is 5.06. The van der Waals surface area contributed by atoms with Crippen LogP contribution in [0.15, 0.2) is 78.3 Å². The fourth-order valence-electron chi connectivity index (χ4n) is 2.82. The van der Waals surface area contributed by atoms with E-state index < -0.39 is 5.97 Å². The van der Waals surface area contributed by atoms with Gasteiger partial charge in [0.2, 0.25) is 0 Å². The predicted octanol–water partition coefficient (Wildman–Crippen LogP) is 5.33. The zero-order valence-electron chi connectivity index (χ0n) is 14.6. The Balaban J connectivity index is 1.88. The minimum Gasteiger partial charge on any atom is -0.465 e. The number of carbonyl (C=O) groups is 1. The van der Waals surface area contributed by atoms with Crippen molar-refractivity contribution in [3.63, 3.8) is 0 Å². The second-order valence-electron chi connectivity index (χ2n) is 5.89. The largest absolute Gasteiger partial charge is 0.465 e. The monoisotopic (exact) mass is 372 g/mol. The van der Waals surface area contributed by atoms with Crippen molar-refractivity contribution >= 4 is 17.3 Å². The summed E-state index contributed by atoms with van der Waals surface area (Å²) >= 11 is 1.67. The van der Waals surface area contributed by atoms with Crippen molar-refractivity contribution in [3.8, 4) is 33.1 Å². The molecular formula is C22H16N2O2S. The lowest BCUT2D eigenvalue weighted by atomic mass is 10.1. The molecular weight excluding hydrogens is 356 g/mol. The molecule has 5 heteroatoms. The molecule has 0 saturated carbocycles. The van der Waals surface area contributed by atoms with Crippen molar-refractivity contribution in [2.75, 3.05) is 7.11 Å². The Bertz CT molecular complexity index is 1080. The molecule has 0 bridgehead atoms. The highest BCUT2D eigenvalue weighted by molar-refractivity contribution is 7.13. The molecule has 0 aliphatic rings. The molecule has 0 unspecified atom stereocenters. The Morgan fingerprint density at radius 3 is 2.44 bits per heavy atom. The van der Waals surface area contributed by atoms with E-state index in [1.807, 2.05) is 47.8 Å². The lowest BCUT2D eigenvalue weighted by molar-refractivity contribution is 0.0600. The van der Waals surface area contributed by atoms with Gasteiger partial charge in [-0.1, -0.05) is 36.4 Å². The molecule has 3 heterocycles. The topological polar surface area (TPSA) is 52.1 Å². The van der Waals surface area contributed by atoms with E-state index in [1.54, 1.807) is 29.7 Å².